The van der Waals surface area contributed by atoms with Crippen LogP contribution in [0.1, 0.15) is 19.4 Å². The van der Waals surface area contributed by atoms with Gasteiger partial charge in [0.2, 0.25) is 0 Å². The summed E-state index contributed by atoms with van der Waals surface area (Å²) in [4.78, 5) is 2.06. The first-order valence-electron chi connectivity index (χ1n) is 4.69. The maximum atomic E-state index is 9.19. The minimum atomic E-state index is 0.0208. The fourth-order valence-electron chi connectivity index (χ4n) is 1.34. The first-order chi connectivity index (χ1) is 6.57. The molecule has 0 unspecified atom stereocenters. The van der Waals surface area contributed by atoms with Gasteiger partial charge in [-0.1, -0.05) is 23.7 Å². The van der Waals surface area contributed by atoms with Crippen molar-refractivity contribution in [3.05, 3.63) is 28.8 Å². The fraction of sp³-hybridized carbons (Fsp3) is 0.455. The lowest BCUT2D eigenvalue weighted by atomic mass is 10.1. The smallest absolute Gasteiger partial charge is 0.0702 e. The van der Waals surface area contributed by atoms with Crippen LogP contribution >= 0.6 is 11.6 Å². The third-order valence-corrected chi connectivity index (χ3v) is 2.67. The lowest BCUT2D eigenvalue weighted by molar-refractivity contribution is 0.282. The quantitative estimate of drug-likeness (QED) is 0.835. The molecule has 1 aromatic carbocycles. The molecule has 0 aromatic heterocycles. The fourth-order valence-corrected chi connectivity index (χ4v) is 1.67. The molecule has 0 heterocycles. The molecule has 0 fully saturated rings. The summed E-state index contributed by atoms with van der Waals surface area (Å²) >= 11 is 6.09. The van der Waals surface area contributed by atoms with Crippen LogP contribution in [0.15, 0.2) is 18.2 Å². The standard InChI is InChI=1S/C11H16ClNO/c1-8(2)13(3)11-9(7-14)5-4-6-10(11)12/h4-6,8,14H,7H2,1-3H3. The maximum Gasteiger partial charge on any atom is 0.0702 e. The van der Waals surface area contributed by atoms with Crippen LogP contribution < -0.4 is 4.90 Å². The number of benzene rings is 1. The van der Waals surface area contributed by atoms with E-state index in [2.05, 4.69) is 18.7 Å². The Morgan fingerprint density at radius 2 is 2.07 bits per heavy atom. The van der Waals surface area contributed by atoms with Crippen molar-refractivity contribution in [2.24, 2.45) is 0 Å². The van der Waals surface area contributed by atoms with Gasteiger partial charge in [0.1, 0.15) is 0 Å². The average Bonchev–Trinajstić information content (AvgIpc) is 2.16. The van der Waals surface area contributed by atoms with Crippen molar-refractivity contribution in [2.75, 3.05) is 11.9 Å². The zero-order valence-electron chi connectivity index (χ0n) is 8.79. The molecule has 14 heavy (non-hydrogen) atoms. The second kappa shape index (κ2) is 4.67. The van der Waals surface area contributed by atoms with Crippen LogP contribution in [0, 0.1) is 0 Å². The van der Waals surface area contributed by atoms with Crippen molar-refractivity contribution in [2.45, 2.75) is 26.5 Å². The highest BCUT2D eigenvalue weighted by atomic mass is 35.5. The highest BCUT2D eigenvalue weighted by Crippen LogP contribution is 2.30. The van der Waals surface area contributed by atoms with Crippen molar-refractivity contribution in [1.82, 2.24) is 0 Å². The Labute approximate surface area is 90.1 Å². The molecule has 0 saturated carbocycles. The van der Waals surface area contributed by atoms with Crippen LogP contribution in [0.25, 0.3) is 0 Å². The Hall–Kier alpha value is -0.730. The molecule has 1 rings (SSSR count). The third kappa shape index (κ3) is 2.20. The highest BCUT2D eigenvalue weighted by Gasteiger charge is 2.12. The van der Waals surface area contributed by atoms with Crippen LogP contribution in [0.2, 0.25) is 5.02 Å². The Balaban J connectivity index is 3.16. The number of aliphatic hydroxyl groups is 1. The van der Waals surface area contributed by atoms with Crippen LogP contribution in [0.3, 0.4) is 0 Å². The van der Waals surface area contributed by atoms with Crippen LogP contribution in [0.5, 0.6) is 0 Å². The summed E-state index contributed by atoms with van der Waals surface area (Å²) in [6.07, 6.45) is 0. The molecule has 2 nitrogen and oxygen atoms in total. The number of para-hydroxylation sites is 1. The lowest BCUT2D eigenvalue weighted by Gasteiger charge is -2.27. The minimum Gasteiger partial charge on any atom is -0.392 e. The summed E-state index contributed by atoms with van der Waals surface area (Å²) in [6.45, 7) is 4.20. The van der Waals surface area contributed by atoms with Crippen molar-refractivity contribution >= 4 is 17.3 Å². The number of hydrogen-bond acceptors (Lipinski definition) is 2. The largest absolute Gasteiger partial charge is 0.392 e. The topological polar surface area (TPSA) is 23.5 Å². The molecule has 3 heteroatoms. The molecule has 0 atom stereocenters. The number of halogens is 1. The number of anilines is 1. The number of rotatable bonds is 3. The van der Waals surface area contributed by atoms with Gasteiger partial charge in [-0.05, 0) is 19.9 Å². The summed E-state index contributed by atoms with van der Waals surface area (Å²) < 4.78 is 0. The van der Waals surface area contributed by atoms with Gasteiger partial charge in [0.15, 0.2) is 0 Å². The maximum absolute atomic E-state index is 9.19. The molecule has 1 aromatic rings. The van der Waals surface area contributed by atoms with Gasteiger partial charge in [-0.3, -0.25) is 0 Å². The molecule has 0 saturated heterocycles. The van der Waals surface area contributed by atoms with E-state index < -0.39 is 0 Å². The molecule has 0 amide bonds. The normalized spacial score (nSPS) is 10.7. The monoisotopic (exact) mass is 213 g/mol. The van der Waals surface area contributed by atoms with Gasteiger partial charge >= 0.3 is 0 Å². The molecule has 0 aliphatic heterocycles. The Bertz CT molecular complexity index is 312. The summed E-state index contributed by atoms with van der Waals surface area (Å²) in [7, 11) is 1.98. The van der Waals surface area contributed by atoms with Crippen LogP contribution in [-0.4, -0.2) is 18.2 Å². The molecule has 0 aliphatic rings. The van der Waals surface area contributed by atoms with E-state index >= 15 is 0 Å². The predicted octanol–water partition coefficient (Wildman–Crippen LogP) is 2.68. The number of nitrogens with zero attached hydrogens (tertiary/aromatic N) is 1. The van der Waals surface area contributed by atoms with E-state index in [0.29, 0.717) is 11.1 Å². The van der Waals surface area contributed by atoms with E-state index in [1.165, 1.54) is 0 Å². The van der Waals surface area contributed by atoms with Crippen molar-refractivity contribution in [3.63, 3.8) is 0 Å². The molecule has 0 radical (unpaired) electrons. The Kier molecular flexibility index (Phi) is 3.78. The van der Waals surface area contributed by atoms with Gasteiger partial charge in [-0.15, -0.1) is 0 Å². The van der Waals surface area contributed by atoms with Gasteiger partial charge in [-0.25, -0.2) is 0 Å². The van der Waals surface area contributed by atoms with E-state index in [1.807, 2.05) is 25.2 Å². The second-order valence-corrected chi connectivity index (χ2v) is 4.02. The van der Waals surface area contributed by atoms with Gasteiger partial charge in [0.25, 0.3) is 0 Å². The molecule has 0 aliphatic carbocycles. The molecule has 0 bridgehead atoms. The van der Waals surface area contributed by atoms with Crippen molar-refractivity contribution in [1.29, 1.82) is 0 Å². The molecule has 78 valence electrons. The number of hydrogen-bond donors (Lipinski definition) is 1. The summed E-state index contributed by atoms with van der Waals surface area (Å²) in [5.74, 6) is 0. The van der Waals surface area contributed by atoms with Crippen LogP contribution in [0.4, 0.5) is 5.69 Å². The molecular formula is C11H16ClNO. The van der Waals surface area contributed by atoms with Gasteiger partial charge in [0, 0.05) is 18.7 Å². The summed E-state index contributed by atoms with van der Waals surface area (Å²) in [6, 6.07) is 5.95. The van der Waals surface area contributed by atoms with E-state index in [1.54, 1.807) is 0 Å². The van der Waals surface area contributed by atoms with Crippen molar-refractivity contribution < 1.29 is 5.11 Å². The SMILES string of the molecule is CC(C)N(C)c1c(Cl)cccc1CO. The van der Waals surface area contributed by atoms with E-state index in [-0.39, 0.29) is 6.61 Å². The number of aliphatic hydroxyl groups excluding tert-OH is 1. The summed E-state index contributed by atoms with van der Waals surface area (Å²) in [5.41, 5.74) is 1.79. The van der Waals surface area contributed by atoms with Crippen molar-refractivity contribution in [3.8, 4) is 0 Å². The minimum absolute atomic E-state index is 0.0208. The Morgan fingerprint density at radius 1 is 1.43 bits per heavy atom. The van der Waals surface area contributed by atoms with Gasteiger partial charge < -0.3 is 10.0 Å². The first kappa shape index (κ1) is 11.3. The zero-order valence-corrected chi connectivity index (χ0v) is 9.54. The Morgan fingerprint density at radius 3 is 2.57 bits per heavy atom. The lowest BCUT2D eigenvalue weighted by Crippen LogP contribution is -2.27. The molecular weight excluding hydrogens is 198 g/mol. The first-order valence-corrected chi connectivity index (χ1v) is 5.06. The van der Waals surface area contributed by atoms with E-state index in [9.17, 15) is 5.11 Å². The zero-order chi connectivity index (χ0) is 10.7. The van der Waals surface area contributed by atoms with Gasteiger partial charge in [0.05, 0.1) is 17.3 Å². The van der Waals surface area contributed by atoms with E-state index in [4.69, 9.17) is 11.6 Å². The molecule has 0 spiro atoms. The van der Waals surface area contributed by atoms with Crippen LogP contribution in [-0.2, 0) is 6.61 Å². The third-order valence-electron chi connectivity index (χ3n) is 2.37. The summed E-state index contributed by atoms with van der Waals surface area (Å²) in [5, 5.41) is 9.88. The predicted molar refractivity (Wildman–Crippen MR) is 60.9 cm³/mol. The van der Waals surface area contributed by atoms with Gasteiger partial charge in [-0.2, -0.15) is 0 Å². The average molecular weight is 214 g/mol. The highest BCUT2D eigenvalue weighted by molar-refractivity contribution is 6.33. The molecule has 1 N–H and O–H groups in total. The second-order valence-electron chi connectivity index (χ2n) is 3.61. The van der Waals surface area contributed by atoms with E-state index in [0.717, 1.165) is 11.3 Å².